The maximum absolute atomic E-state index is 14.1. The van der Waals surface area contributed by atoms with Gasteiger partial charge in [-0.3, -0.25) is 9.69 Å². The van der Waals surface area contributed by atoms with Crippen molar-refractivity contribution >= 4 is 28.5 Å². The molecule has 2 aliphatic heterocycles. The van der Waals surface area contributed by atoms with Crippen molar-refractivity contribution in [2.75, 3.05) is 25.1 Å². The average Bonchev–Trinajstić information content (AvgIpc) is 3.45. The zero-order valence-electron chi connectivity index (χ0n) is 25.0. The van der Waals surface area contributed by atoms with Crippen LogP contribution < -0.4 is 14.8 Å². The number of carbonyl (C=O) groups excluding carboxylic acids is 2. The minimum atomic E-state index is -1.11. The van der Waals surface area contributed by atoms with Gasteiger partial charge in [-0.15, -0.1) is 11.3 Å². The van der Waals surface area contributed by atoms with E-state index in [0.717, 1.165) is 24.8 Å². The zero-order chi connectivity index (χ0) is 30.6. The molecule has 0 aliphatic carbocycles. The van der Waals surface area contributed by atoms with Crippen LogP contribution in [0, 0.1) is 5.82 Å². The van der Waals surface area contributed by atoms with Crippen LogP contribution in [0.3, 0.4) is 0 Å². The first-order valence-electron chi connectivity index (χ1n) is 14.6. The zero-order valence-corrected chi connectivity index (χ0v) is 25.8. The van der Waals surface area contributed by atoms with Crippen molar-refractivity contribution in [2.24, 2.45) is 0 Å². The number of halogens is 1. The number of anilines is 1. The molecule has 3 aromatic rings. The van der Waals surface area contributed by atoms with Crippen molar-refractivity contribution in [3.8, 4) is 17.2 Å². The number of nitrogens with zero attached hydrogens (tertiary/aromatic N) is 2. The highest BCUT2D eigenvalue weighted by Gasteiger charge is 2.45. The van der Waals surface area contributed by atoms with Crippen molar-refractivity contribution in [2.45, 2.75) is 77.0 Å². The highest BCUT2D eigenvalue weighted by atomic mass is 32.1. The molecule has 0 bridgehead atoms. The second-order valence-corrected chi connectivity index (χ2v) is 12.9. The number of carbonyl (C=O) groups is 2. The maximum atomic E-state index is 14.1. The molecule has 5 rings (SSSR count). The lowest BCUT2D eigenvalue weighted by Gasteiger charge is -2.46. The van der Waals surface area contributed by atoms with E-state index in [1.165, 1.54) is 23.5 Å². The molecule has 3 heterocycles. The van der Waals surface area contributed by atoms with E-state index in [9.17, 15) is 14.0 Å². The molecule has 1 aromatic heterocycles. The fourth-order valence-electron chi connectivity index (χ4n) is 5.47. The molecule has 0 saturated carbocycles. The van der Waals surface area contributed by atoms with Crippen molar-refractivity contribution in [1.82, 2.24) is 9.88 Å². The smallest absolute Gasteiger partial charge is 0.411 e. The molecule has 0 radical (unpaired) electrons. The average molecular weight is 612 g/mol. The Morgan fingerprint density at radius 2 is 2.05 bits per heavy atom. The molecule has 43 heavy (non-hydrogen) atoms. The summed E-state index contributed by atoms with van der Waals surface area (Å²) in [5.74, 6) is 0.381. The van der Waals surface area contributed by atoms with E-state index in [0.29, 0.717) is 54.1 Å². The van der Waals surface area contributed by atoms with Gasteiger partial charge in [0.15, 0.2) is 16.6 Å². The van der Waals surface area contributed by atoms with Crippen LogP contribution in [0.15, 0.2) is 48.0 Å². The fourth-order valence-corrected chi connectivity index (χ4v) is 6.01. The first-order valence-corrected chi connectivity index (χ1v) is 15.4. The summed E-state index contributed by atoms with van der Waals surface area (Å²) in [6, 6.07) is 9.55. The summed E-state index contributed by atoms with van der Waals surface area (Å²) in [5.41, 5.74) is -0.212. The lowest BCUT2D eigenvalue weighted by atomic mass is 9.79. The van der Waals surface area contributed by atoms with Crippen LogP contribution in [-0.2, 0) is 26.2 Å². The Kier molecular flexibility index (Phi) is 9.22. The Bertz CT molecular complexity index is 1440. The molecule has 230 valence electrons. The monoisotopic (exact) mass is 611 g/mol. The van der Waals surface area contributed by atoms with Gasteiger partial charge in [-0.1, -0.05) is 6.07 Å². The summed E-state index contributed by atoms with van der Waals surface area (Å²) in [5, 5.41) is 5.08. The summed E-state index contributed by atoms with van der Waals surface area (Å²) in [7, 11) is 0. The highest BCUT2D eigenvalue weighted by molar-refractivity contribution is 7.13. The van der Waals surface area contributed by atoms with Gasteiger partial charge >= 0.3 is 6.09 Å². The van der Waals surface area contributed by atoms with Crippen LogP contribution in [0.2, 0.25) is 0 Å². The number of nitrogens with one attached hydrogen (secondary N) is 1. The second-order valence-electron chi connectivity index (χ2n) is 12.0. The molecule has 1 saturated heterocycles. The molecular formula is C32H38FN3O6S. The van der Waals surface area contributed by atoms with Gasteiger partial charge in [0.05, 0.1) is 18.1 Å². The minimum Gasteiger partial charge on any atom is -0.487 e. The SMILES string of the molecule is CC(C)(C)OC(=O)N1CCc2cc(OCC3CCCCO3)c(Oc3cccc(F)c3)cc2[C@@]1(C)CC(=O)Nc1nccs1. The Labute approximate surface area is 255 Å². The number of hydrogen-bond donors (Lipinski definition) is 1. The number of benzene rings is 2. The number of fused-ring (bicyclic) bond motifs is 1. The van der Waals surface area contributed by atoms with E-state index in [1.54, 1.807) is 55.4 Å². The highest BCUT2D eigenvalue weighted by Crippen LogP contribution is 2.45. The van der Waals surface area contributed by atoms with Gasteiger partial charge in [0, 0.05) is 30.8 Å². The Morgan fingerprint density at radius 3 is 2.74 bits per heavy atom. The van der Waals surface area contributed by atoms with Crippen LogP contribution in [-0.4, -0.2) is 53.3 Å². The van der Waals surface area contributed by atoms with E-state index in [4.69, 9.17) is 18.9 Å². The number of aromatic nitrogens is 1. The van der Waals surface area contributed by atoms with Gasteiger partial charge < -0.3 is 24.3 Å². The number of amides is 2. The van der Waals surface area contributed by atoms with E-state index in [-0.39, 0.29) is 18.4 Å². The van der Waals surface area contributed by atoms with Crippen LogP contribution >= 0.6 is 11.3 Å². The topological polar surface area (TPSA) is 99.2 Å². The van der Waals surface area contributed by atoms with Crippen LogP contribution in [0.25, 0.3) is 0 Å². The molecule has 2 amide bonds. The van der Waals surface area contributed by atoms with Crippen molar-refractivity contribution in [1.29, 1.82) is 0 Å². The number of thiazole rings is 1. The maximum Gasteiger partial charge on any atom is 0.411 e. The van der Waals surface area contributed by atoms with Crippen LogP contribution in [0.5, 0.6) is 17.2 Å². The first-order chi connectivity index (χ1) is 20.5. The van der Waals surface area contributed by atoms with E-state index >= 15 is 0 Å². The molecule has 11 heteroatoms. The standard InChI is InChI=1S/C32H38FN3O6S/c1-31(2,3)42-30(38)36-13-11-21-16-26(40-20-24-9-5-6-14-39-24)27(41-23-10-7-8-22(33)17-23)18-25(21)32(36,4)19-28(37)35-29-34-12-15-43-29/h7-8,10,12,15-18,24H,5-6,9,11,13-14,19-20H2,1-4H3,(H,34,35,37)/t24?,32-/m1/s1. The fraction of sp³-hybridized carbons (Fsp3) is 0.469. The van der Waals surface area contributed by atoms with Crippen molar-refractivity contribution in [3.05, 3.63) is 64.9 Å². The molecule has 2 atom stereocenters. The predicted octanol–water partition coefficient (Wildman–Crippen LogP) is 7.06. The van der Waals surface area contributed by atoms with Crippen LogP contribution in [0.4, 0.5) is 14.3 Å². The van der Waals surface area contributed by atoms with Gasteiger partial charge in [-0.2, -0.15) is 0 Å². The molecule has 9 nitrogen and oxygen atoms in total. The lowest BCUT2D eigenvalue weighted by molar-refractivity contribution is -0.119. The number of rotatable bonds is 8. The quantitative estimate of drug-likeness (QED) is 0.291. The summed E-state index contributed by atoms with van der Waals surface area (Å²) in [6.07, 6.45) is 4.52. The molecule has 1 unspecified atom stereocenters. The van der Waals surface area contributed by atoms with E-state index < -0.39 is 23.1 Å². The van der Waals surface area contributed by atoms with Crippen molar-refractivity contribution in [3.63, 3.8) is 0 Å². The van der Waals surface area contributed by atoms with E-state index in [1.807, 2.05) is 13.0 Å². The molecule has 2 aromatic carbocycles. The summed E-state index contributed by atoms with van der Waals surface area (Å²) in [4.78, 5) is 32.7. The first kappa shape index (κ1) is 30.7. The van der Waals surface area contributed by atoms with Gasteiger partial charge in [0.1, 0.15) is 23.8 Å². The summed E-state index contributed by atoms with van der Waals surface area (Å²) in [6.45, 7) is 8.64. The molecule has 1 N–H and O–H groups in total. The third-order valence-corrected chi connectivity index (χ3v) is 8.16. The third-order valence-electron chi connectivity index (χ3n) is 7.47. The van der Waals surface area contributed by atoms with E-state index in [2.05, 4.69) is 10.3 Å². The second kappa shape index (κ2) is 12.9. The predicted molar refractivity (Wildman–Crippen MR) is 161 cm³/mol. The third kappa shape index (κ3) is 7.64. The van der Waals surface area contributed by atoms with Gasteiger partial charge in [0.25, 0.3) is 0 Å². The molecule has 0 spiro atoms. The summed E-state index contributed by atoms with van der Waals surface area (Å²) >= 11 is 1.31. The number of hydrogen-bond acceptors (Lipinski definition) is 8. The normalized spacial score (nSPS) is 20.2. The van der Waals surface area contributed by atoms with Crippen LogP contribution in [0.1, 0.15) is 64.5 Å². The minimum absolute atomic E-state index is 0.0331. The largest absolute Gasteiger partial charge is 0.487 e. The van der Waals surface area contributed by atoms with Gasteiger partial charge in [0.2, 0.25) is 5.91 Å². The number of ether oxygens (including phenoxy) is 4. The van der Waals surface area contributed by atoms with Gasteiger partial charge in [-0.25, -0.2) is 14.2 Å². The Hall–Kier alpha value is -3.70. The Morgan fingerprint density at radius 1 is 1.21 bits per heavy atom. The molecular weight excluding hydrogens is 573 g/mol. The molecule has 1 fully saturated rings. The van der Waals surface area contributed by atoms with Gasteiger partial charge in [-0.05, 0) is 88.8 Å². The molecule has 2 aliphatic rings. The van der Waals surface area contributed by atoms with Crippen molar-refractivity contribution < 1.29 is 32.9 Å². The Balaban J connectivity index is 1.53. The lowest BCUT2D eigenvalue weighted by Crippen LogP contribution is -2.54. The summed E-state index contributed by atoms with van der Waals surface area (Å²) < 4.78 is 38.2.